The van der Waals surface area contributed by atoms with E-state index in [0.717, 1.165) is 24.9 Å². The fourth-order valence-electron chi connectivity index (χ4n) is 2.57. The number of hydrogen-bond acceptors (Lipinski definition) is 5. The molecule has 0 aliphatic carbocycles. The second kappa shape index (κ2) is 5.42. The first kappa shape index (κ1) is 12.8. The normalized spacial score (nSPS) is 18.4. The number of nitrogens with two attached hydrogens (primary N) is 1. The Labute approximate surface area is 116 Å². The molecule has 20 heavy (non-hydrogen) atoms. The lowest BCUT2D eigenvalue weighted by Gasteiger charge is -2.23. The van der Waals surface area contributed by atoms with Gasteiger partial charge in [0.1, 0.15) is 0 Å². The molecular weight excluding hydrogens is 256 g/mol. The van der Waals surface area contributed by atoms with E-state index in [9.17, 15) is 4.79 Å². The molecular formula is C14H16N4O2. The van der Waals surface area contributed by atoms with Crippen LogP contribution >= 0.6 is 0 Å². The van der Waals surface area contributed by atoms with Gasteiger partial charge in [-0.2, -0.15) is 4.98 Å². The first-order valence-corrected chi connectivity index (χ1v) is 6.67. The summed E-state index contributed by atoms with van der Waals surface area (Å²) in [5.74, 6) is 0.558. The Balaban J connectivity index is 1.79. The van der Waals surface area contributed by atoms with E-state index in [2.05, 4.69) is 10.1 Å². The molecule has 1 aliphatic heterocycles. The Morgan fingerprint density at radius 3 is 2.85 bits per heavy atom. The molecule has 1 amide bonds. The van der Waals surface area contributed by atoms with Gasteiger partial charge in [0.05, 0.1) is 0 Å². The molecule has 2 N–H and O–H groups in total. The Morgan fingerprint density at radius 2 is 2.20 bits per heavy atom. The third kappa shape index (κ3) is 2.30. The van der Waals surface area contributed by atoms with E-state index in [4.69, 9.17) is 10.3 Å². The van der Waals surface area contributed by atoms with Crippen LogP contribution in [0.5, 0.6) is 0 Å². The first-order valence-electron chi connectivity index (χ1n) is 6.67. The van der Waals surface area contributed by atoms with Gasteiger partial charge in [-0.1, -0.05) is 17.3 Å². The number of carbonyl (C=O) groups is 1. The highest BCUT2D eigenvalue weighted by atomic mass is 16.5. The van der Waals surface area contributed by atoms with Crippen molar-refractivity contribution in [1.29, 1.82) is 0 Å². The highest BCUT2D eigenvalue weighted by Gasteiger charge is 2.28. The van der Waals surface area contributed by atoms with E-state index < -0.39 is 0 Å². The molecule has 6 heteroatoms. The molecule has 1 aliphatic rings. The minimum absolute atomic E-state index is 0.0395. The zero-order valence-corrected chi connectivity index (χ0v) is 11.0. The minimum Gasteiger partial charge on any atom is -0.342 e. The topological polar surface area (TPSA) is 85.2 Å². The van der Waals surface area contributed by atoms with E-state index >= 15 is 0 Å². The van der Waals surface area contributed by atoms with Gasteiger partial charge in [0.15, 0.2) is 0 Å². The smallest absolute Gasteiger partial charge is 0.254 e. The van der Waals surface area contributed by atoms with Crippen molar-refractivity contribution in [2.45, 2.75) is 18.9 Å². The van der Waals surface area contributed by atoms with Crippen LogP contribution in [0.25, 0.3) is 11.4 Å². The number of hydrogen-bond donors (Lipinski definition) is 1. The van der Waals surface area contributed by atoms with Gasteiger partial charge in [0, 0.05) is 30.3 Å². The Hall–Kier alpha value is -2.21. The third-order valence-corrected chi connectivity index (χ3v) is 3.66. The van der Waals surface area contributed by atoms with Gasteiger partial charge in [0.2, 0.25) is 12.2 Å². The van der Waals surface area contributed by atoms with Crippen LogP contribution in [0, 0.1) is 0 Å². The maximum absolute atomic E-state index is 12.4. The summed E-state index contributed by atoms with van der Waals surface area (Å²) in [6.07, 6.45) is 3.29. The largest absolute Gasteiger partial charge is 0.342 e. The molecule has 1 saturated heterocycles. The summed E-state index contributed by atoms with van der Waals surface area (Å²) in [5, 5.41) is 3.77. The van der Waals surface area contributed by atoms with E-state index in [1.54, 1.807) is 12.1 Å². The quantitative estimate of drug-likeness (QED) is 0.910. The molecule has 1 fully saturated rings. The molecule has 1 aromatic heterocycles. The maximum atomic E-state index is 12.4. The minimum atomic E-state index is 0.0395. The predicted molar refractivity (Wildman–Crippen MR) is 72.8 cm³/mol. The average molecular weight is 272 g/mol. The van der Waals surface area contributed by atoms with E-state index in [1.807, 2.05) is 17.0 Å². The number of aromatic nitrogens is 2. The van der Waals surface area contributed by atoms with Crippen molar-refractivity contribution in [1.82, 2.24) is 15.0 Å². The molecule has 1 atom stereocenters. The second-order valence-corrected chi connectivity index (χ2v) is 4.86. The highest BCUT2D eigenvalue weighted by molar-refractivity contribution is 5.95. The molecule has 2 heterocycles. The summed E-state index contributed by atoms with van der Waals surface area (Å²) in [4.78, 5) is 18.3. The number of carbonyl (C=O) groups excluding carboxylic acids is 1. The lowest BCUT2D eigenvalue weighted by Crippen LogP contribution is -2.39. The summed E-state index contributed by atoms with van der Waals surface area (Å²) >= 11 is 0. The summed E-state index contributed by atoms with van der Waals surface area (Å²) in [6, 6.07) is 7.40. The maximum Gasteiger partial charge on any atom is 0.254 e. The molecule has 0 bridgehead atoms. The van der Waals surface area contributed by atoms with Gasteiger partial charge in [-0.25, -0.2) is 0 Å². The van der Waals surface area contributed by atoms with E-state index in [-0.39, 0.29) is 11.9 Å². The van der Waals surface area contributed by atoms with Crippen molar-refractivity contribution in [3.05, 3.63) is 36.2 Å². The molecule has 1 aromatic carbocycles. The number of benzene rings is 1. The van der Waals surface area contributed by atoms with Crippen LogP contribution < -0.4 is 5.73 Å². The van der Waals surface area contributed by atoms with Crippen molar-refractivity contribution >= 4 is 5.91 Å². The molecule has 0 radical (unpaired) electrons. The second-order valence-electron chi connectivity index (χ2n) is 4.86. The summed E-state index contributed by atoms with van der Waals surface area (Å²) in [7, 11) is 0. The average Bonchev–Trinajstić information content (AvgIpc) is 3.17. The van der Waals surface area contributed by atoms with E-state index in [1.165, 1.54) is 6.39 Å². The fraction of sp³-hybridized carbons (Fsp3) is 0.357. The molecule has 0 spiro atoms. The lowest BCUT2D eigenvalue weighted by molar-refractivity contribution is 0.0741. The summed E-state index contributed by atoms with van der Waals surface area (Å²) in [5.41, 5.74) is 7.20. The monoisotopic (exact) mass is 272 g/mol. The summed E-state index contributed by atoms with van der Waals surface area (Å²) < 4.78 is 4.71. The van der Waals surface area contributed by atoms with Gasteiger partial charge in [-0.15, -0.1) is 0 Å². The molecule has 0 saturated carbocycles. The van der Waals surface area contributed by atoms with Gasteiger partial charge < -0.3 is 15.2 Å². The molecule has 1 unspecified atom stereocenters. The Bertz CT molecular complexity index is 580. The van der Waals surface area contributed by atoms with Gasteiger partial charge in [-0.3, -0.25) is 4.79 Å². The fourth-order valence-corrected chi connectivity index (χ4v) is 2.57. The number of likely N-dealkylation sites (tertiary alicyclic amines) is 1. The molecule has 6 nitrogen and oxygen atoms in total. The van der Waals surface area contributed by atoms with Crippen LogP contribution in [0.15, 0.2) is 35.2 Å². The van der Waals surface area contributed by atoms with Crippen molar-refractivity contribution < 1.29 is 9.32 Å². The number of rotatable bonds is 3. The molecule has 3 rings (SSSR count). The zero-order chi connectivity index (χ0) is 13.9. The third-order valence-electron chi connectivity index (χ3n) is 3.66. The predicted octanol–water partition coefficient (Wildman–Crippen LogP) is 1.30. The van der Waals surface area contributed by atoms with Crippen molar-refractivity contribution in [3.63, 3.8) is 0 Å². The van der Waals surface area contributed by atoms with Crippen LogP contribution in [0.3, 0.4) is 0 Å². The standard InChI is InChI=1S/C14H16N4O2/c15-8-12-2-1-7-18(12)14(19)11-5-3-10(4-6-11)13-16-9-20-17-13/h3-6,9,12H,1-2,7-8,15H2. The van der Waals surface area contributed by atoms with Crippen LogP contribution in [0.1, 0.15) is 23.2 Å². The van der Waals surface area contributed by atoms with Gasteiger partial charge in [-0.05, 0) is 25.0 Å². The van der Waals surface area contributed by atoms with Crippen molar-refractivity contribution in [3.8, 4) is 11.4 Å². The van der Waals surface area contributed by atoms with Crippen molar-refractivity contribution in [2.75, 3.05) is 13.1 Å². The first-order chi connectivity index (χ1) is 9.79. The highest BCUT2D eigenvalue weighted by Crippen LogP contribution is 2.21. The SMILES string of the molecule is NCC1CCCN1C(=O)c1ccc(-c2ncon2)cc1. The molecule has 2 aromatic rings. The number of nitrogens with zero attached hydrogens (tertiary/aromatic N) is 3. The van der Waals surface area contributed by atoms with Crippen LogP contribution in [0.4, 0.5) is 0 Å². The Morgan fingerprint density at radius 1 is 1.40 bits per heavy atom. The van der Waals surface area contributed by atoms with Crippen molar-refractivity contribution in [2.24, 2.45) is 5.73 Å². The van der Waals surface area contributed by atoms with Crippen LogP contribution in [0.2, 0.25) is 0 Å². The van der Waals surface area contributed by atoms with Crippen LogP contribution in [-0.4, -0.2) is 40.1 Å². The number of amides is 1. The molecule has 104 valence electrons. The van der Waals surface area contributed by atoms with Crippen LogP contribution in [-0.2, 0) is 0 Å². The van der Waals surface area contributed by atoms with E-state index in [0.29, 0.717) is 17.9 Å². The Kier molecular flexibility index (Phi) is 3.47. The van der Waals surface area contributed by atoms with Gasteiger partial charge >= 0.3 is 0 Å². The zero-order valence-electron chi connectivity index (χ0n) is 11.0. The summed E-state index contributed by atoms with van der Waals surface area (Å²) in [6.45, 7) is 1.31. The van der Waals surface area contributed by atoms with Gasteiger partial charge in [0.25, 0.3) is 5.91 Å². The lowest BCUT2D eigenvalue weighted by atomic mass is 10.1.